The second-order valence-corrected chi connectivity index (χ2v) is 9.06. The van der Waals surface area contributed by atoms with Gasteiger partial charge >= 0.3 is 0 Å². The monoisotopic (exact) mass is 460 g/mol. The fraction of sp³-hybridized carbons (Fsp3) is 0.409. The van der Waals surface area contributed by atoms with E-state index in [9.17, 15) is 45.0 Å². The van der Waals surface area contributed by atoms with Crippen LogP contribution < -0.4 is 5.73 Å². The molecule has 1 saturated carbocycles. The molecule has 0 unspecified atom stereocenters. The van der Waals surface area contributed by atoms with Gasteiger partial charge in [-0.05, 0) is 32.6 Å². The molecule has 176 valence electrons. The van der Waals surface area contributed by atoms with Gasteiger partial charge in [-0.2, -0.15) is 0 Å². The van der Waals surface area contributed by atoms with Gasteiger partial charge in [-0.15, -0.1) is 0 Å². The topological polar surface area (TPSA) is 202 Å². The van der Waals surface area contributed by atoms with Gasteiger partial charge in [0.2, 0.25) is 5.78 Å². The van der Waals surface area contributed by atoms with E-state index < -0.39 is 81.1 Å². The number of amides is 1. The van der Waals surface area contributed by atoms with E-state index in [0.717, 1.165) is 0 Å². The lowest BCUT2D eigenvalue weighted by atomic mass is 9.53. The van der Waals surface area contributed by atoms with Gasteiger partial charge in [0.15, 0.2) is 11.4 Å². The van der Waals surface area contributed by atoms with Crippen molar-refractivity contribution in [1.29, 1.82) is 0 Å². The van der Waals surface area contributed by atoms with Crippen LogP contribution in [-0.2, 0) is 20.0 Å². The van der Waals surface area contributed by atoms with Gasteiger partial charge < -0.3 is 36.4 Å². The van der Waals surface area contributed by atoms with E-state index in [-0.39, 0.29) is 11.1 Å². The zero-order chi connectivity index (χ0) is 24.8. The summed E-state index contributed by atoms with van der Waals surface area (Å²) in [5, 5.41) is 66.3. The summed E-state index contributed by atoms with van der Waals surface area (Å²) in [6.45, 7) is 1.25. The molecule has 1 aromatic carbocycles. The molecule has 6 atom stereocenters. The average molecular weight is 460 g/mol. The molecular weight excluding hydrogens is 436 g/mol. The van der Waals surface area contributed by atoms with Gasteiger partial charge in [-0.1, -0.05) is 12.1 Å². The molecule has 11 heteroatoms. The predicted molar refractivity (Wildman–Crippen MR) is 112 cm³/mol. The molecule has 3 aliphatic rings. The number of aliphatic hydroxyl groups is 5. The van der Waals surface area contributed by atoms with E-state index in [1.165, 1.54) is 44.1 Å². The minimum atomic E-state index is -3.02. The molecule has 0 spiro atoms. The first-order chi connectivity index (χ1) is 15.2. The Morgan fingerprint density at radius 3 is 2.27 bits per heavy atom. The molecule has 0 aliphatic heterocycles. The number of nitrogens with zero attached hydrogens (tertiary/aromatic N) is 1. The smallest absolute Gasteiger partial charge is 0.255 e. The van der Waals surface area contributed by atoms with E-state index in [1.54, 1.807) is 0 Å². The van der Waals surface area contributed by atoms with E-state index in [1.807, 2.05) is 0 Å². The zero-order valence-electron chi connectivity index (χ0n) is 18.0. The lowest BCUT2D eigenvalue weighted by Crippen LogP contribution is -2.71. The number of fused-ring (bicyclic) bond motifs is 3. The van der Waals surface area contributed by atoms with Crippen molar-refractivity contribution in [3.8, 4) is 5.75 Å². The molecule has 0 saturated heterocycles. The predicted octanol–water partition coefficient (Wildman–Crippen LogP) is -1.40. The van der Waals surface area contributed by atoms with Crippen LogP contribution in [0.1, 0.15) is 18.1 Å². The second-order valence-electron chi connectivity index (χ2n) is 9.06. The summed E-state index contributed by atoms with van der Waals surface area (Å²) in [4.78, 5) is 39.9. The van der Waals surface area contributed by atoms with E-state index in [4.69, 9.17) is 5.73 Å². The number of phenols is 1. The van der Waals surface area contributed by atoms with Crippen molar-refractivity contribution in [2.75, 3.05) is 14.1 Å². The van der Waals surface area contributed by atoms with Gasteiger partial charge in [0.05, 0.1) is 40.7 Å². The number of aromatic hydroxyl groups is 1. The Hall–Kier alpha value is -3.25. The molecule has 11 nitrogen and oxygen atoms in total. The van der Waals surface area contributed by atoms with Crippen LogP contribution in [0.5, 0.6) is 5.75 Å². The summed E-state index contributed by atoms with van der Waals surface area (Å²) in [5.74, 6) is -9.67. The summed E-state index contributed by atoms with van der Waals surface area (Å²) in [6.07, 6.45) is -1.87. The third-order valence-electron chi connectivity index (χ3n) is 7.03. The Morgan fingerprint density at radius 1 is 1.12 bits per heavy atom. The number of carbonyl (C=O) groups is 3. The fourth-order valence-electron chi connectivity index (χ4n) is 5.60. The summed E-state index contributed by atoms with van der Waals surface area (Å²) in [6, 6.07) is 2.50. The Labute approximate surface area is 187 Å². The number of primary amides is 1. The molecule has 33 heavy (non-hydrogen) atoms. The van der Waals surface area contributed by atoms with Gasteiger partial charge in [0.1, 0.15) is 22.8 Å². The Kier molecular flexibility index (Phi) is 4.78. The van der Waals surface area contributed by atoms with Crippen LogP contribution >= 0.6 is 0 Å². The molecule has 0 bridgehead atoms. The van der Waals surface area contributed by atoms with Crippen molar-refractivity contribution in [3.63, 3.8) is 0 Å². The molecule has 0 aromatic heterocycles. The first kappa shape index (κ1) is 22.9. The van der Waals surface area contributed by atoms with Crippen LogP contribution in [0.2, 0.25) is 0 Å². The number of aliphatic hydroxyl groups excluding tert-OH is 3. The molecule has 1 aromatic rings. The van der Waals surface area contributed by atoms with E-state index in [2.05, 4.69) is 0 Å². The number of Topliss-reactive ketones (excluding diaryl/α,β-unsaturated/α-hetero) is 2. The Balaban J connectivity index is 2.11. The third kappa shape index (κ3) is 2.61. The number of nitrogens with two attached hydrogens (primary N) is 1. The lowest BCUT2D eigenvalue weighted by Gasteiger charge is -2.55. The minimum Gasteiger partial charge on any atom is -0.508 e. The molecule has 8 N–H and O–H groups in total. The van der Waals surface area contributed by atoms with Crippen molar-refractivity contribution in [2.24, 2.45) is 17.6 Å². The van der Waals surface area contributed by atoms with Crippen LogP contribution in [0.25, 0.3) is 5.76 Å². The number of rotatable bonds is 2. The fourth-order valence-corrected chi connectivity index (χ4v) is 5.60. The number of carbonyl (C=O) groups excluding carboxylic acids is 3. The minimum absolute atomic E-state index is 0.00664. The van der Waals surface area contributed by atoms with Gasteiger partial charge in [0.25, 0.3) is 5.91 Å². The maximum Gasteiger partial charge on any atom is 0.255 e. The Bertz CT molecular complexity index is 1180. The molecule has 0 heterocycles. The highest BCUT2D eigenvalue weighted by Gasteiger charge is 2.70. The van der Waals surface area contributed by atoms with Gasteiger partial charge in [-0.3, -0.25) is 19.3 Å². The van der Waals surface area contributed by atoms with Crippen molar-refractivity contribution in [3.05, 3.63) is 46.2 Å². The van der Waals surface area contributed by atoms with Crippen LogP contribution in [0.15, 0.2) is 35.1 Å². The van der Waals surface area contributed by atoms with Gasteiger partial charge in [0, 0.05) is 0 Å². The molecule has 1 amide bonds. The first-order valence-electron chi connectivity index (χ1n) is 10.1. The largest absolute Gasteiger partial charge is 0.508 e. The molecule has 4 rings (SSSR count). The first-order valence-corrected chi connectivity index (χ1v) is 10.1. The van der Waals surface area contributed by atoms with E-state index in [0.29, 0.717) is 0 Å². The zero-order valence-corrected chi connectivity index (χ0v) is 18.0. The second kappa shape index (κ2) is 6.87. The maximum atomic E-state index is 13.7. The highest BCUT2D eigenvalue weighted by atomic mass is 16.4. The SMILES string of the molecule is CN(C)[C@@H]1C(=O)C(C(N)=O)=C(O)[C@]2(O)C(=O)C3=C(O)c4c(O)cccc4[C@](C)(O)[C@@H]3[C@@H](O)[C@H]12. The van der Waals surface area contributed by atoms with Crippen molar-refractivity contribution in [1.82, 2.24) is 4.90 Å². The number of benzene rings is 1. The number of ketones is 2. The van der Waals surface area contributed by atoms with Crippen LogP contribution in [0.4, 0.5) is 0 Å². The summed E-state index contributed by atoms with van der Waals surface area (Å²) in [7, 11) is 2.80. The molecule has 1 fully saturated rings. The van der Waals surface area contributed by atoms with E-state index >= 15 is 0 Å². The number of likely N-dealkylation sites (N-methyl/N-ethyl adjacent to an activating group) is 1. The highest BCUT2D eigenvalue weighted by molar-refractivity contribution is 6.24. The van der Waals surface area contributed by atoms with Gasteiger partial charge in [-0.25, -0.2) is 0 Å². The lowest BCUT2D eigenvalue weighted by molar-refractivity contribution is -0.181. The molecule has 3 aliphatic carbocycles. The summed E-state index contributed by atoms with van der Waals surface area (Å²) >= 11 is 0. The Morgan fingerprint density at radius 2 is 1.73 bits per heavy atom. The third-order valence-corrected chi connectivity index (χ3v) is 7.03. The number of phenolic OH excluding ortho intramolecular Hbond substituents is 1. The van der Waals surface area contributed by atoms with Crippen molar-refractivity contribution >= 4 is 23.2 Å². The maximum absolute atomic E-state index is 13.7. The molecular formula is C22H24N2O9. The van der Waals surface area contributed by atoms with Crippen LogP contribution in [0, 0.1) is 11.8 Å². The van der Waals surface area contributed by atoms with Crippen LogP contribution in [-0.4, -0.2) is 84.9 Å². The molecule has 0 radical (unpaired) electrons. The van der Waals surface area contributed by atoms with Crippen LogP contribution in [0.3, 0.4) is 0 Å². The summed E-state index contributed by atoms with van der Waals surface area (Å²) < 4.78 is 0. The standard InChI is InChI=1S/C22H24N2O9/c1-21(32)7-5-4-6-8(25)9(7)15(26)10-12(21)17(28)13-14(24(2)3)16(27)11(20(23)31)19(30)22(13,33)18(10)29/h4-6,12-14,17,25-26,28,30,32-33H,1-3H3,(H2,23,31)/t12-,13-,14-,17+,21-,22+/m0/s1. The number of hydrogen-bond donors (Lipinski definition) is 7. The number of hydrogen-bond acceptors (Lipinski definition) is 10. The average Bonchev–Trinajstić information content (AvgIpc) is 2.70. The summed E-state index contributed by atoms with van der Waals surface area (Å²) in [5.41, 5.74) is -1.78. The quantitative estimate of drug-likeness (QED) is 0.257. The van der Waals surface area contributed by atoms with Crippen molar-refractivity contribution < 1.29 is 45.0 Å². The normalized spacial score (nSPS) is 36.0. The highest BCUT2D eigenvalue weighted by Crippen LogP contribution is 2.57. The van der Waals surface area contributed by atoms with Crippen molar-refractivity contribution in [2.45, 2.75) is 30.3 Å².